The average molecular weight is 531 g/mol. The molecule has 218 valence electrons. The molecule has 0 amide bonds. The summed E-state index contributed by atoms with van der Waals surface area (Å²) in [5.74, 6) is 0. The molecule has 0 saturated heterocycles. The molecular formula is C31H66O4Si. The van der Waals surface area contributed by atoms with Gasteiger partial charge in [-0.3, -0.25) is 0 Å². The van der Waals surface area contributed by atoms with Crippen molar-refractivity contribution >= 4 is 9.05 Å². The molecule has 0 aromatic carbocycles. The van der Waals surface area contributed by atoms with Crippen molar-refractivity contribution in [3.8, 4) is 0 Å². The summed E-state index contributed by atoms with van der Waals surface area (Å²) in [6.07, 6.45) is 28.7. The lowest BCUT2D eigenvalue weighted by molar-refractivity contribution is -0.0375. The Morgan fingerprint density at radius 1 is 0.278 bits per heavy atom. The zero-order valence-electron chi connectivity index (χ0n) is 25.2. The van der Waals surface area contributed by atoms with Gasteiger partial charge in [0.1, 0.15) is 0 Å². The maximum atomic E-state index is 6.43. The smallest absolute Gasteiger partial charge is 0.351 e. The first-order chi connectivity index (χ1) is 17.7. The highest BCUT2D eigenvalue weighted by Gasteiger charge is 2.45. The van der Waals surface area contributed by atoms with Gasteiger partial charge in [-0.15, -0.1) is 0 Å². The number of rotatable bonds is 31. The molecular weight excluding hydrogens is 464 g/mol. The van der Waals surface area contributed by atoms with Crippen LogP contribution in [0.3, 0.4) is 0 Å². The normalized spacial score (nSPS) is 12.0. The van der Waals surface area contributed by atoms with Gasteiger partial charge >= 0.3 is 9.05 Å². The predicted octanol–water partition coefficient (Wildman–Crippen LogP) is 10.5. The van der Waals surface area contributed by atoms with E-state index in [0.717, 1.165) is 25.7 Å². The molecule has 0 bridgehead atoms. The topological polar surface area (TPSA) is 36.9 Å². The van der Waals surface area contributed by atoms with Crippen LogP contribution in [0.1, 0.15) is 175 Å². The molecule has 0 atom stereocenters. The minimum Gasteiger partial charge on any atom is -0.351 e. The molecule has 0 spiro atoms. The van der Waals surface area contributed by atoms with E-state index in [1.807, 2.05) is 0 Å². The Morgan fingerprint density at radius 2 is 0.472 bits per heavy atom. The van der Waals surface area contributed by atoms with E-state index in [9.17, 15) is 0 Å². The number of hydrogen-bond acceptors (Lipinski definition) is 4. The lowest BCUT2D eigenvalue weighted by Gasteiger charge is -2.28. The summed E-state index contributed by atoms with van der Waals surface area (Å²) < 4.78 is 25.7. The van der Waals surface area contributed by atoms with Crippen molar-refractivity contribution in [3.63, 3.8) is 0 Å². The second-order valence-electron chi connectivity index (χ2n) is 10.6. The molecule has 0 aliphatic heterocycles. The lowest BCUT2D eigenvalue weighted by Crippen LogP contribution is -2.50. The fraction of sp³-hybridized carbons (Fsp3) is 1.00. The molecule has 5 heteroatoms. The quantitative estimate of drug-likeness (QED) is 0.0659. The summed E-state index contributed by atoms with van der Waals surface area (Å²) in [7, 11) is -3.09. The second kappa shape index (κ2) is 29.6. The Balaban J connectivity index is 4.77. The average Bonchev–Trinajstić information content (AvgIpc) is 2.89. The van der Waals surface area contributed by atoms with Crippen molar-refractivity contribution in [1.29, 1.82) is 0 Å². The fourth-order valence-electron chi connectivity index (χ4n) is 4.39. The van der Waals surface area contributed by atoms with Gasteiger partial charge in [-0.25, -0.2) is 0 Å². The first kappa shape index (κ1) is 36.1. The third-order valence-electron chi connectivity index (χ3n) is 6.86. The standard InChI is InChI=1S/C31H66O4Si/c1-5-9-13-17-21-25-29-33-36(32-28-24-20-16-12-8-4,34-30-26-22-18-14-10-6-2)35-31-27-23-19-15-11-7-3/h5-31H2,1-4H3. The fourth-order valence-corrected chi connectivity index (χ4v) is 6.47. The molecule has 0 radical (unpaired) electrons. The first-order valence-corrected chi connectivity index (χ1v) is 17.9. The highest BCUT2D eigenvalue weighted by atomic mass is 28.4. The molecule has 0 rings (SSSR count). The van der Waals surface area contributed by atoms with Gasteiger partial charge in [0, 0.05) is 26.4 Å². The first-order valence-electron chi connectivity index (χ1n) is 16.3. The van der Waals surface area contributed by atoms with Crippen LogP contribution in [0.2, 0.25) is 0 Å². The SMILES string of the molecule is CCCCCCCCO[Si](OCCCCCCC)(OCCCCCCCC)OCCCCCCCC. The van der Waals surface area contributed by atoms with E-state index in [1.54, 1.807) is 0 Å². The van der Waals surface area contributed by atoms with Crippen LogP contribution >= 0.6 is 0 Å². The highest BCUT2D eigenvalue weighted by Crippen LogP contribution is 2.18. The van der Waals surface area contributed by atoms with Crippen molar-refractivity contribution in [1.82, 2.24) is 0 Å². The van der Waals surface area contributed by atoms with Crippen LogP contribution in [0.4, 0.5) is 0 Å². The Hall–Kier alpha value is 0.0569. The maximum Gasteiger partial charge on any atom is 0.679 e. The van der Waals surface area contributed by atoms with Crippen LogP contribution in [-0.2, 0) is 17.7 Å². The van der Waals surface area contributed by atoms with Crippen molar-refractivity contribution in [2.45, 2.75) is 175 Å². The zero-order valence-corrected chi connectivity index (χ0v) is 26.2. The van der Waals surface area contributed by atoms with Gasteiger partial charge in [-0.1, -0.05) is 150 Å². The molecule has 0 saturated carbocycles. The van der Waals surface area contributed by atoms with Crippen molar-refractivity contribution in [2.75, 3.05) is 26.4 Å². The minimum absolute atomic E-state index is 0.694. The molecule has 0 aromatic heterocycles. The van der Waals surface area contributed by atoms with E-state index in [2.05, 4.69) is 27.7 Å². The Kier molecular flexibility index (Phi) is 29.7. The number of unbranched alkanes of at least 4 members (excludes halogenated alkanes) is 19. The van der Waals surface area contributed by atoms with Crippen LogP contribution in [0.25, 0.3) is 0 Å². The van der Waals surface area contributed by atoms with E-state index in [1.165, 1.54) is 122 Å². The summed E-state index contributed by atoms with van der Waals surface area (Å²) in [6, 6.07) is 0. The Morgan fingerprint density at radius 3 is 0.694 bits per heavy atom. The van der Waals surface area contributed by atoms with Crippen LogP contribution in [0.5, 0.6) is 0 Å². The highest BCUT2D eigenvalue weighted by molar-refractivity contribution is 6.53. The monoisotopic (exact) mass is 530 g/mol. The summed E-state index contributed by atoms with van der Waals surface area (Å²) in [5, 5.41) is 0. The Bertz CT molecular complexity index is 362. The van der Waals surface area contributed by atoms with Gasteiger partial charge in [0.05, 0.1) is 0 Å². The van der Waals surface area contributed by atoms with E-state index in [-0.39, 0.29) is 0 Å². The molecule has 36 heavy (non-hydrogen) atoms. The van der Waals surface area contributed by atoms with Crippen LogP contribution in [0.15, 0.2) is 0 Å². The zero-order chi connectivity index (χ0) is 26.4. The van der Waals surface area contributed by atoms with E-state index in [0.29, 0.717) is 26.4 Å². The summed E-state index contributed by atoms with van der Waals surface area (Å²) >= 11 is 0. The molecule has 0 unspecified atom stereocenters. The molecule has 4 nitrogen and oxygen atoms in total. The van der Waals surface area contributed by atoms with Gasteiger partial charge in [-0.2, -0.15) is 0 Å². The number of hydrogen-bond donors (Lipinski definition) is 0. The van der Waals surface area contributed by atoms with E-state index in [4.69, 9.17) is 17.7 Å². The van der Waals surface area contributed by atoms with Gasteiger partial charge in [0.15, 0.2) is 0 Å². The third kappa shape index (κ3) is 24.4. The molecule has 0 N–H and O–H groups in total. The van der Waals surface area contributed by atoms with E-state index < -0.39 is 9.05 Å². The Labute approximate surface area is 228 Å². The van der Waals surface area contributed by atoms with Gasteiger partial charge in [-0.05, 0) is 25.7 Å². The second-order valence-corrected chi connectivity index (χ2v) is 12.8. The largest absolute Gasteiger partial charge is 0.679 e. The predicted molar refractivity (Wildman–Crippen MR) is 158 cm³/mol. The maximum absolute atomic E-state index is 6.43. The molecule has 0 aliphatic carbocycles. The van der Waals surface area contributed by atoms with E-state index >= 15 is 0 Å². The van der Waals surface area contributed by atoms with Crippen LogP contribution in [0, 0.1) is 0 Å². The lowest BCUT2D eigenvalue weighted by atomic mass is 10.1. The summed E-state index contributed by atoms with van der Waals surface area (Å²) in [5.41, 5.74) is 0. The van der Waals surface area contributed by atoms with Gasteiger partial charge in [0.2, 0.25) is 0 Å². The van der Waals surface area contributed by atoms with Crippen molar-refractivity contribution in [3.05, 3.63) is 0 Å². The molecule has 0 fully saturated rings. The van der Waals surface area contributed by atoms with Crippen LogP contribution < -0.4 is 0 Å². The summed E-state index contributed by atoms with van der Waals surface area (Å²) in [6.45, 7) is 11.8. The van der Waals surface area contributed by atoms with Crippen molar-refractivity contribution in [2.24, 2.45) is 0 Å². The molecule has 0 heterocycles. The third-order valence-corrected chi connectivity index (χ3v) is 9.09. The van der Waals surface area contributed by atoms with Crippen molar-refractivity contribution < 1.29 is 17.7 Å². The minimum atomic E-state index is -3.09. The van der Waals surface area contributed by atoms with Gasteiger partial charge < -0.3 is 17.7 Å². The molecule has 0 aromatic rings. The summed E-state index contributed by atoms with van der Waals surface area (Å²) in [4.78, 5) is 0. The van der Waals surface area contributed by atoms with Gasteiger partial charge in [0.25, 0.3) is 0 Å². The molecule has 0 aliphatic rings. The van der Waals surface area contributed by atoms with Crippen LogP contribution in [-0.4, -0.2) is 35.5 Å².